The van der Waals surface area contributed by atoms with Crippen LogP contribution in [0.3, 0.4) is 0 Å². The molecule has 17 heavy (non-hydrogen) atoms. The molecule has 2 rings (SSSR count). The largest absolute Gasteiger partial charge is 0.342 e. The minimum atomic E-state index is 0.388. The summed E-state index contributed by atoms with van der Waals surface area (Å²) >= 11 is 0. The van der Waals surface area contributed by atoms with Crippen molar-refractivity contribution in [2.45, 2.75) is 57.9 Å². The fourth-order valence-electron chi connectivity index (χ4n) is 3.15. The predicted octanol–water partition coefficient (Wildman–Crippen LogP) is 2.17. The molecule has 0 bridgehead atoms. The van der Waals surface area contributed by atoms with Gasteiger partial charge in [0.05, 0.1) is 0 Å². The first-order valence-corrected chi connectivity index (χ1v) is 7.30. The topological polar surface area (TPSA) is 32.3 Å². The van der Waals surface area contributed by atoms with Crippen LogP contribution in [0, 0.1) is 5.92 Å². The first kappa shape index (κ1) is 12.9. The highest BCUT2D eigenvalue weighted by atomic mass is 16.2. The molecule has 98 valence electrons. The van der Waals surface area contributed by atoms with Gasteiger partial charge < -0.3 is 10.2 Å². The van der Waals surface area contributed by atoms with Crippen molar-refractivity contribution in [1.29, 1.82) is 0 Å². The van der Waals surface area contributed by atoms with Crippen molar-refractivity contribution in [2.24, 2.45) is 5.92 Å². The molecule has 3 heteroatoms. The molecule has 0 radical (unpaired) electrons. The van der Waals surface area contributed by atoms with Crippen LogP contribution < -0.4 is 5.32 Å². The highest BCUT2D eigenvalue weighted by Crippen LogP contribution is 2.22. The minimum absolute atomic E-state index is 0.388. The van der Waals surface area contributed by atoms with Crippen molar-refractivity contribution in [3.8, 4) is 0 Å². The third kappa shape index (κ3) is 3.70. The van der Waals surface area contributed by atoms with E-state index in [1.807, 2.05) is 0 Å². The lowest BCUT2D eigenvalue weighted by atomic mass is 10.0. The number of nitrogens with one attached hydrogen (secondary N) is 1. The maximum absolute atomic E-state index is 11.8. The van der Waals surface area contributed by atoms with Crippen molar-refractivity contribution in [3.05, 3.63) is 0 Å². The van der Waals surface area contributed by atoms with Crippen molar-refractivity contribution < 1.29 is 4.79 Å². The van der Waals surface area contributed by atoms with E-state index in [0.717, 1.165) is 32.5 Å². The monoisotopic (exact) mass is 238 g/mol. The normalized spacial score (nSPS) is 29.9. The van der Waals surface area contributed by atoms with Crippen LogP contribution in [0.4, 0.5) is 0 Å². The summed E-state index contributed by atoms with van der Waals surface area (Å²) in [6, 6.07) is 0.654. The summed E-state index contributed by atoms with van der Waals surface area (Å²) in [7, 11) is 0. The summed E-state index contributed by atoms with van der Waals surface area (Å²) in [5, 5.41) is 3.56. The van der Waals surface area contributed by atoms with E-state index in [1.165, 1.54) is 32.1 Å². The Morgan fingerprint density at radius 3 is 2.94 bits per heavy atom. The van der Waals surface area contributed by atoms with Crippen LogP contribution >= 0.6 is 0 Å². The zero-order valence-electron chi connectivity index (χ0n) is 11.1. The Labute approximate surface area is 105 Å². The van der Waals surface area contributed by atoms with Gasteiger partial charge in [0, 0.05) is 25.6 Å². The second-order valence-electron chi connectivity index (χ2n) is 5.63. The Balaban J connectivity index is 1.69. The van der Waals surface area contributed by atoms with E-state index >= 15 is 0 Å². The average Bonchev–Trinajstić information content (AvgIpc) is 2.69. The molecule has 0 aliphatic carbocycles. The third-order valence-corrected chi connectivity index (χ3v) is 4.15. The van der Waals surface area contributed by atoms with Crippen LogP contribution in [0.25, 0.3) is 0 Å². The van der Waals surface area contributed by atoms with Gasteiger partial charge in [-0.25, -0.2) is 0 Å². The molecule has 2 saturated heterocycles. The van der Waals surface area contributed by atoms with E-state index in [1.54, 1.807) is 0 Å². The first-order valence-electron chi connectivity index (χ1n) is 7.30. The SMILES string of the molecule is CCCC1CC(=O)N(CCC2CCCCN2)C1. The van der Waals surface area contributed by atoms with Crippen LogP contribution in [-0.2, 0) is 4.79 Å². The van der Waals surface area contributed by atoms with E-state index in [0.29, 0.717) is 17.9 Å². The quantitative estimate of drug-likeness (QED) is 0.796. The van der Waals surface area contributed by atoms with Crippen LogP contribution in [0.2, 0.25) is 0 Å². The Hall–Kier alpha value is -0.570. The van der Waals surface area contributed by atoms with Gasteiger partial charge in [-0.2, -0.15) is 0 Å². The molecule has 0 saturated carbocycles. The maximum atomic E-state index is 11.8. The van der Waals surface area contributed by atoms with Gasteiger partial charge in [0.25, 0.3) is 0 Å². The Bertz CT molecular complexity index is 249. The number of carbonyl (C=O) groups is 1. The van der Waals surface area contributed by atoms with Gasteiger partial charge in [0.2, 0.25) is 5.91 Å². The molecule has 0 spiro atoms. The molecule has 0 aromatic rings. The Morgan fingerprint density at radius 1 is 1.35 bits per heavy atom. The summed E-state index contributed by atoms with van der Waals surface area (Å²) in [5.41, 5.74) is 0. The van der Waals surface area contributed by atoms with Crippen molar-refractivity contribution in [2.75, 3.05) is 19.6 Å². The summed E-state index contributed by atoms with van der Waals surface area (Å²) in [5.74, 6) is 1.02. The van der Waals surface area contributed by atoms with E-state index < -0.39 is 0 Å². The lowest BCUT2D eigenvalue weighted by Crippen LogP contribution is -2.38. The smallest absolute Gasteiger partial charge is 0.222 e. The van der Waals surface area contributed by atoms with Gasteiger partial charge in [-0.15, -0.1) is 0 Å². The second kappa shape index (κ2) is 6.39. The molecule has 2 aliphatic rings. The number of piperidine rings is 1. The van der Waals surface area contributed by atoms with Gasteiger partial charge in [-0.1, -0.05) is 19.8 Å². The number of hydrogen-bond donors (Lipinski definition) is 1. The summed E-state index contributed by atoms with van der Waals surface area (Å²) < 4.78 is 0. The maximum Gasteiger partial charge on any atom is 0.222 e. The summed E-state index contributed by atoms with van der Waals surface area (Å²) in [6.45, 7) is 5.35. The van der Waals surface area contributed by atoms with Crippen LogP contribution in [0.1, 0.15) is 51.9 Å². The second-order valence-corrected chi connectivity index (χ2v) is 5.63. The molecule has 2 atom stereocenters. The highest BCUT2D eigenvalue weighted by Gasteiger charge is 2.28. The standard InChI is InChI=1S/C14H26N2O/c1-2-5-12-10-14(17)16(11-12)9-7-13-6-3-4-8-15-13/h12-13,15H,2-11H2,1H3. The Morgan fingerprint density at radius 2 is 2.24 bits per heavy atom. The number of carbonyl (C=O) groups excluding carboxylic acids is 1. The molecule has 3 nitrogen and oxygen atoms in total. The Kier molecular flexibility index (Phi) is 4.84. The van der Waals surface area contributed by atoms with E-state index in [9.17, 15) is 4.79 Å². The molecular formula is C14H26N2O. The molecular weight excluding hydrogens is 212 g/mol. The molecule has 1 N–H and O–H groups in total. The number of likely N-dealkylation sites (tertiary alicyclic amines) is 1. The van der Waals surface area contributed by atoms with Gasteiger partial charge in [-0.3, -0.25) is 4.79 Å². The summed E-state index contributed by atoms with van der Waals surface area (Å²) in [6.07, 6.45) is 8.32. The highest BCUT2D eigenvalue weighted by molar-refractivity contribution is 5.78. The summed E-state index contributed by atoms with van der Waals surface area (Å²) in [4.78, 5) is 13.9. The first-order chi connectivity index (χ1) is 8.29. The molecule has 0 aromatic carbocycles. The van der Waals surface area contributed by atoms with Gasteiger partial charge in [0.1, 0.15) is 0 Å². The molecule has 2 fully saturated rings. The van der Waals surface area contributed by atoms with Crippen molar-refractivity contribution >= 4 is 5.91 Å². The van der Waals surface area contributed by atoms with E-state index in [-0.39, 0.29) is 0 Å². The molecule has 0 aromatic heterocycles. The lowest BCUT2D eigenvalue weighted by molar-refractivity contribution is -0.127. The van der Waals surface area contributed by atoms with Crippen LogP contribution in [-0.4, -0.2) is 36.5 Å². The number of amides is 1. The molecule has 1 amide bonds. The number of hydrogen-bond acceptors (Lipinski definition) is 2. The number of nitrogens with zero attached hydrogens (tertiary/aromatic N) is 1. The number of rotatable bonds is 5. The van der Waals surface area contributed by atoms with Crippen molar-refractivity contribution in [1.82, 2.24) is 10.2 Å². The van der Waals surface area contributed by atoms with Gasteiger partial charge in [-0.05, 0) is 38.1 Å². The third-order valence-electron chi connectivity index (χ3n) is 4.15. The zero-order chi connectivity index (χ0) is 12.1. The fraction of sp³-hybridized carbons (Fsp3) is 0.929. The average molecular weight is 238 g/mol. The molecule has 2 heterocycles. The molecule has 2 aliphatic heterocycles. The fourth-order valence-corrected chi connectivity index (χ4v) is 3.15. The van der Waals surface area contributed by atoms with Crippen molar-refractivity contribution in [3.63, 3.8) is 0 Å². The van der Waals surface area contributed by atoms with Crippen LogP contribution in [0.15, 0.2) is 0 Å². The zero-order valence-corrected chi connectivity index (χ0v) is 11.1. The minimum Gasteiger partial charge on any atom is -0.342 e. The van der Waals surface area contributed by atoms with E-state index in [2.05, 4.69) is 17.1 Å². The predicted molar refractivity (Wildman–Crippen MR) is 69.9 cm³/mol. The van der Waals surface area contributed by atoms with Crippen LogP contribution in [0.5, 0.6) is 0 Å². The molecule has 2 unspecified atom stereocenters. The van der Waals surface area contributed by atoms with Gasteiger partial charge >= 0.3 is 0 Å². The van der Waals surface area contributed by atoms with E-state index in [4.69, 9.17) is 0 Å². The van der Waals surface area contributed by atoms with Gasteiger partial charge in [0.15, 0.2) is 0 Å². The lowest BCUT2D eigenvalue weighted by Gasteiger charge is -2.26.